The zero-order valence-corrected chi connectivity index (χ0v) is 26.9. The number of ether oxygens (including phenoxy) is 1. The minimum atomic E-state index is -3.32. The lowest BCUT2D eigenvalue weighted by molar-refractivity contribution is -0.146. The summed E-state index contributed by atoms with van der Waals surface area (Å²) in [7, 11) is -3.32. The van der Waals surface area contributed by atoms with Gasteiger partial charge in [-0.2, -0.15) is 0 Å². The normalized spacial score (nSPS) is 25.4. The summed E-state index contributed by atoms with van der Waals surface area (Å²) in [4.78, 5) is 30.4. The van der Waals surface area contributed by atoms with E-state index < -0.39 is 31.6 Å². The topological polar surface area (TPSA) is 113 Å². The van der Waals surface area contributed by atoms with Gasteiger partial charge < -0.3 is 29.1 Å². The maximum atomic E-state index is 16.1. The molecule has 3 aliphatic heterocycles. The molecule has 4 atom stereocenters. The van der Waals surface area contributed by atoms with Gasteiger partial charge in [-0.25, -0.2) is 0 Å². The molecule has 13 heteroatoms. The maximum absolute atomic E-state index is 16.1. The van der Waals surface area contributed by atoms with Gasteiger partial charge in [0.1, 0.15) is 0 Å². The van der Waals surface area contributed by atoms with Gasteiger partial charge >= 0.3 is 0 Å². The molecule has 0 bridgehead atoms. The van der Waals surface area contributed by atoms with E-state index in [0.29, 0.717) is 61.0 Å². The van der Waals surface area contributed by atoms with Crippen LogP contribution in [0.25, 0.3) is 0 Å². The van der Waals surface area contributed by atoms with Crippen LogP contribution in [0.3, 0.4) is 0 Å². The first-order chi connectivity index (χ1) is 21.0. The molecule has 1 spiro atoms. The Morgan fingerprint density at radius 1 is 1.20 bits per heavy atom. The lowest BCUT2D eigenvalue weighted by Gasteiger charge is -2.31. The van der Waals surface area contributed by atoms with Crippen LogP contribution in [-0.4, -0.2) is 72.7 Å². The van der Waals surface area contributed by atoms with Crippen molar-refractivity contribution in [3.05, 3.63) is 70.5 Å². The van der Waals surface area contributed by atoms with E-state index in [1.165, 1.54) is 0 Å². The molecule has 44 heavy (non-hydrogen) atoms. The smallest absolute Gasteiger partial charge is 0.264 e. The highest BCUT2D eigenvalue weighted by Gasteiger charge is 2.66. The van der Waals surface area contributed by atoms with Crippen molar-refractivity contribution in [1.82, 2.24) is 20.3 Å². The van der Waals surface area contributed by atoms with E-state index in [2.05, 4.69) is 15.6 Å². The molecule has 0 unspecified atom stereocenters. The van der Waals surface area contributed by atoms with Crippen molar-refractivity contribution in [1.29, 1.82) is 0 Å². The van der Waals surface area contributed by atoms with Gasteiger partial charge in [0.2, 0.25) is 14.3 Å². The average molecular weight is 641 g/mol. The van der Waals surface area contributed by atoms with Crippen molar-refractivity contribution >= 4 is 43.2 Å². The number of carbonyl (C=O) groups excluding carboxylic acids is 2. The molecule has 234 valence electrons. The molecule has 1 aromatic heterocycles. The van der Waals surface area contributed by atoms with E-state index in [0.717, 1.165) is 17.8 Å². The van der Waals surface area contributed by atoms with Gasteiger partial charge in [-0.1, -0.05) is 35.9 Å². The number of carbonyl (C=O) groups is 2. The first-order valence-corrected chi connectivity index (χ1v) is 18.4. The Bertz CT molecular complexity index is 1550. The number of halogens is 2. The minimum absolute atomic E-state index is 0.0191. The van der Waals surface area contributed by atoms with Crippen molar-refractivity contribution in [2.24, 2.45) is 5.92 Å². The number of anilines is 2. The zero-order chi connectivity index (χ0) is 31.2. The molecule has 6 rings (SSSR count). The first kappa shape index (κ1) is 30.8. The highest BCUT2D eigenvalue weighted by molar-refractivity contribution is 6.72. The molecular weight excluding hydrogens is 603 g/mol. The van der Waals surface area contributed by atoms with Crippen molar-refractivity contribution in [3.8, 4) is 0 Å². The van der Waals surface area contributed by atoms with Crippen LogP contribution in [0.15, 0.2) is 48.7 Å². The third kappa shape index (κ3) is 5.47. The predicted octanol–water partition coefficient (Wildman–Crippen LogP) is 3.81. The fourth-order valence-electron chi connectivity index (χ4n) is 7.23. The predicted molar refractivity (Wildman–Crippen MR) is 168 cm³/mol. The highest BCUT2D eigenvalue weighted by Crippen LogP contribution is 2.60. The number of rotatable bonds is 9. The molecule has 0 aliphatic carbocycles. The number of aryl methyl sites for hydroxylation is 1. The Morgan fingerprint density at radius 2 is 1.98 bits per heavy atom. The quantitative estimate of drug-likeness (QED) is 0.270. The van der Waals surface area contributed by atoms with Gasteiger partial charge in [0, 0.05) is 66.6 Å². The van der Waals surface area contributed by atoms with E-state index in [1.54, 1.807) is 45.9 Å². The Balaban J connectivity index is 1.29. The summed E-state index contributed by atoms with van der Waals surface area (Å²) in [5.74, 6) is -0.632. The Hall–Kier alpha value is -3.16. The number of aromatic nitrogens is 3. The molecule has 0 saturated carbocycles. The van der Waals surface area contributed by atoms with Crippen LogP contribution in [0.5, 0.6) is 0 Å². The van der Waals surface area contributed by atoms with Crippen molar-refractivity contribution < 1.29 is 23.5 Å². The second kappa shape index (κ2) is 12.0. The van der Waals surface area contributed by atoms with Gasteiger partial charge in [0.15, 0.2) is 5.60 Å². The van der Waals surface area contributed by atoms with Gasteiger partial charge in [-0.15, -0.1) is 5.10 Å². The van der Waals surface area contributed by atoms with Crippen LogP contribution in [0, 0.1) is 5.92 Å². The Kier molecular flexibility index (Phi) is 8.39. The third-order valence-electron chi connectivity index (χ3n) is 9.20. The number of amides is 2. The molecule has 0 radical (unpaired) electrons. The fraction of sp³-hybridized carbons (Fsp3) is 0.484. The monoisotopic (exact) mass is 640 g/mol. The van der Waals surface area contributed by atoms with Crippen molar-refractivity contribution in [3.63, 3.8) is 0 Å². The van der Waals surface area contributed by atoms with E-state index in [9.17, 15) is 14.7 Å². The molecule has 2 amide bonds. The number of fused-ring (bicyclic) bond motifs is 2. The first-order valence-electron chi connectivity index (χ1n) is 15.1. The van der Waals surface area contributed by atoms with Gasteiger partial charge in [-0.3, -0.25) is 14.3 Å². The number of piperazine rings is 1. The fourth-order valence-corrected chi connectivity index (χ4v) is 9.94. The number of benzene rings is 2. The second-order valence-electron chi connectivity index (χ2n) is 12.4. The molecule has 2 saturated heterocycles. The summed E-state index contributed by atoms with van der Waals surface area (Å²) in [5, 5.41) is 21.0. The molecule has 2 N–H and O–H groups in total. The minimum Gasteiger partial charge on any atom is -0.396 e. The highest BCUT2D eigenvalue weighted by atomic mass is 35.5. The molecule has 2 fully saturated rings. The van der Waals surface area contributed by atoms with E-state index in [4.69, 9.17) is 16.3 Å². The van der Waals surface area contributed by atoms with Crippen LogP contribution in [0.1, 0.15) is 30.2 Å². The molecule has 4 heterocycles. The van der Waals surface area contributed by atoms with Crippen LogP contribution < -0.4 is 15.1 Å². The number of hydrogen-bond donors (Lipinski definition) is 2. The molecule has 3 aromatic rings. The van der Waals surface area contributed by atoms with Crippen LogP contribution in [0.2, 0.25) is 23.7 Å². The number of hydrogen-bond acceptors (Lipinski definition) is 7. The van der Waals surface area contributed by atoms with Crippen molar-refractivity contribution in [2.75, 3.05) is 36.0 Å². The van der Waals surface area contributed by atoms with Crippen LogP contribution in [-0.2, 0) is 39.4 Å². The standard InChI is InChI=1S/C31H38ClFN6O4Si/c1-20-29(44(2,3)33)27(10-13-37-19-23(11-15-40)35-36-37)43-31(20)25-16-22(32)6-9-26(25)39(30(31)42)18-21-4-7-24(8-5-21)38-14-12-34-17-28(38)41/h4-9,16,19-20,27,29,34,40H,10-15,17-18H2,1-3H3/t20-,27+,29-,31+/m1/s1. The maximum Gasteiger partial charge on any atom is 0.264 e. The van der Waals surface area contributed by atoms with Crippen LogP contribution in [0.4, 0.5) is 15.5 Å². The van der Waals surface area contributed by atoms with E-state index in [-0.39, 0.29) is 18.4 Å². The summed E-state index contributed by atoms with van der Waals surface area (Å²) in [5.41, 5.74) is 1.95. The lowest BCUT2D eigenvalue weighted by atomic mass is 9.82. The molecular formula is C31H38ClFN6O4Si. The number of aliphatic hydroxyl groups is 1. The second-order valence-corrected chi connectivity index (χ2v) is 16.7. The van der Waals surface area contributed by atoms with Gasteiger partial charge in [-0.05, 0) is 55.4 Å². The molecule has 3 aliphatic rings. The number of nitrogens with zero attached hydrogens (tertiary/aromatic N) is 5. The van der Waals surface area contributed by atoms with E-state index >= 15 is 4.11 Å². The molecule has 10 nitrogen and oxygen atoms in total. The summed E-state index contributed by atoms with van der Waals surface area (Å²) >= 11 is 6.50. The third-order valence-corrected chi connectivity index (χ3v) is 11.9. The SMILES string of the molecule is C[C@@H]1[C@@H]([Si](C)(C)F)[C@H](CCn2cc(CCO)nn2)O[C@@]12C(=O)N(Cc1ccc(N3CCNCC3=O)cc1)c1ccc(Cl)cc12. The Labute approximate surface area is 262 Å². The molecule has 2 aromatic carbocycles. The average Bonchev–Trinajstić information content (AvgIpc) is 3.63. The zero-order valence-electron chi connectivity index (χ0n) is 25.2. The summed E-state index contributed by atoms with van der Waals surface area (Å²) in [6.45, 7) is 7.65. The largest absolute Gasteiger partial charge is 0.396 e. The number of nitrogens with one attached hydrogen (secondary N) is 1. The Morgan fingerprint density at radius 3 is 2.68 bits per heavy atom. The van der Waals surface area contributed by atoms with Gasteiger partial charge in [0.05, 0.1) is 30.6 Å². The lowest BCUT2D eigenvalue weighted by Crippen LogP contribution is -2.48. The van der Waals surface area contributed by atoms with E-state index in [1.807, 2.05) is 37.3 Å². The van der Waals surface area contributed by atoms with Gasteiger partial charge in [0.25, 0.3) is 5.91 Å². The van der Waals surface area contributed by atoms with Crippen LogP contribution >= 0.6 is 11.6 Å². The van der Waals surface area contributed by atoms with Crippen molar-refractivity contribution in [2.45, 2.75) is 63.2 Å². The number of aliphatic hydroxyl groups excluding tert-OH is 1. The summed E-state index contributed by atoms with van der Waals surface area (Å²) in [6, 6.07) is 13.1. The summed E-state index contributed by atoms with van der Waals surface area (Å²) in [6.07, 6.45) is 2.12. The summed E-state index contributed by atoms with van der Waals surface area (Å²) < 4.78 is 24.6.